The second-order valence-electron chi connectivity index (χ2n) is 4.38. The highest BCUT2D eigenvalue weighted by Crippen LogP contribution is 2.08. The molecular formula is C13H20ClN3O. The second kappa shape index (κ2) is 8.08. The van der Waals surface area contributed by atoms with Crippen molar-refractivity contribution in [3.63, 3.8) is 0 Å². The number of nitrogens with zero attached hydrogens (tertiary/aromatic N) is 1. The summed E-state index contributed by atoms with van der Waals surface area (Å²) in [6.45, 7) is 2.61. The van der Waals surface area contributed by atoms with Crippen LogP contribution in [0.15, 0.2) is 24.3 Å². The third-order valence-corrected chi connectivity index (χ3v) is 2.68. The lowest BCUT2D eigenvalue weighted by atomic mass is 10.2. The lowest BCUT2D eigenvalue weighted by molar-refractivity contribution is -0.120. The molecule has 2 N–H and O–H groups in total. The van der Waals surface area contributed by atoms with E-state index in [4.69, 9.17) is 11.6 Å². The number of benzene rings is 1. The summed E-state index contributed by atoms with van der Waals surface area (Å²) in [7, 11) is 4.00. The first-order valence-electron chi connectivity index (χ1n) is 5.94. The minimum Gasteiger partial charge on any atom is -0.351 e. The Morgan fingerprint density at radius 3 is 2.56 bits per heavy atom. The standard InChI is InChI=1S/C13H20ClN3O/c1-17(2)8-7-15-10-13(18)16-9-11-3-5-12(14)6-4-11/h3-6,15H,7-10H2,1-2H3,(H,16,18). The topological polar surface area (TPSA) is 44.4 Å². The minimum atomic E-state index is 0.00343. The van der Waals surface area contributed by atoms with E-state index in [1.165, 1.54) is 0 Å². The monoisotopic (exact) mass is 269 g/mol. The fraction of sp³-hybridized carbons (Fsp3) is 0.462. The largest absolute Gasteiger partial charge is 0.351 e. The Hall–Kier alpha value is -1.10. The van der Waals surface area contributed by atoms with E-state index in [1.807, 2.05) is 38.4 Å². The van der Waals surface area contributed by atoms with Crippen molar-refractivity contribution in [3.8, 4) is 0 Å². The van der Waals surface area contributed by atoms with Crippen LogP contribution in [-0.2, 0) is 11.3 Å². The summed E-state index contributed by atoms with van der Waals surface area (Å²) in [5.74, 6) is 0.00343. The first-order valence-corrected chi connectivity index (χ1v) is 6.32. The van der Waals surface area contributed by atoms with Crippen LogP contribution >= 0.6 is 11.6 Å². The summed E-state index contributed by atoms with van der Waals surface area (Å²) in [6.07, 6.45) is 0. The van der Waals surface area contributed by atoms with Crippen LogP contribution in [0, 0.1) is 0 Å². The maximum absolute atomic E-state index is 11.5. The van der Waals surface area contributed by atoms with E-state index in [-0.39, 0.29) is 5.91 Å². The Morgan fingerprint density at radius 1 is 1.28 bits per heavy atom. The van der Waals surface area contributed by atoms with Crippen molar-refractivity contribution in [3.05, 3.63) is 34.9 Å². The minimum absolute atomic E-state index is 0.00343. The van der Waals surface area contributed by atoms with Crippen LogP contribution in [0.5, 0.6) is 0 Å². The lowest BCUT2D eigenvalue weighted by Gasteiger charge is -2.10. The predicted molar refractivity (Wildman–Crippen MR) is 74.7 cm³/mol. The smallest absolute Gasteiger partial charge is 0.234 e. The van der Waals surface area contributed by atoms with Gasteiger partial charge in [0.15, 0.2) is 0 Å². The van der Waals surface area contributed by atoms with Gasteiger partial charge < -0.3 is 15.5 Å². The van der Waals surface area contributed by atoms with Gasteiger partial charge in [-0.1, -0.05) is 23.7 Å². The molecule has 100 valence electrons. The Morgan fingerprint density at radius 2 is 1.94 bits per heavy atom. The van der Waals surface area contributed by atoms with Crippen LogP contribution in [0.4, 0.5) is 0 Å². The van der Waals surface area contributed by atoms with Gasteiger partial charge in [0.1, 0.15) is 0 Å². The number of hydrogen-bond acceptors (Lipinski definition) is 3. The first kappa shape index (κ1) is 15.0. The summed E-state index contributed by atoms with van der Waals surface area (Å²) < 4.78 is 0. The van der Waals surface area contributed by atoms with E-state index in [0.717, 1.165) is 18.7 Å². The van der Waals surface area contributed by atoms with Gasteiger partial charge in [-0.25, -0.2) is 0 Å². The summed E-state index contributed by atoms with van der Waals surface area (Å²) in [5, 5.41) is 6.64. The molecule has 0 aliphatic carbocycles. The summed E-state index contributed by atoms with van der Waals surface area (Å²) >= 11 is 5.78. The van der Waals surface area contributed by atoms with Gasteiger partial charge >= 0.3 is 0 Å². The number of carbonyl (C=O) groups excluding carboxylic acids is 1. The molecule has 0 spiro atoms. The van der Waals surface area contributed by atoms with Gasteiger partial charge in [0, 0.05) is 24.7 Å². The Bertz CT molecular complexity index is 365. The SMILES string of the molecule is CN(C)CCNCC(=O)NCc1ccc(Cl)cc1. The third kappa shape index (κ3) is 6.59. The number of nitrogens with one attached hydrogen (secondary N) is 2. The molecule has 0 aromatic heterocycles. The van der Waals surface area contributed by atoms with Crippen LogP contribution in [0.1, 0.15) is 5.56 Å². The van der Waals surface area contributed by atoms with E-state index in [9.17, 15) is 4.79 Å². The molecule has 0 saturated carbocycles. The highest BCUT2D eigenvalue weighted by atomic mass is 35.5. The number of likely N-dealkylation sites (N-methyl/N-ethyl adjacent to an activating group) is 1. The number of hydrogen-bond donors (Lipinski definition) is 2. The molecule has 18 heavy (non-hydrogen) atoms. The van der Waals surface area contributed by atoms with Gasteiger partial charge in [-0.15, -0.1) is 0 Å². The summed E-state index contributed by atoms with van der Waals surface area (Å²) in [5.41, 5.74) is 1.04. The van der Waals surface area contributed by atoms with E-state index < -0.39 is 0 Å². The Kier molecular flexibility index (Phi) is 6.72. The molecule has 0 saturated heterocycles. The maximum Gasteiger partial charge on any atom is 0.234 e. The zero-order valence-corrected chi connectivity index (χ0v) is 11.6. The van der Waals surface area contributed by atoms with E-state index >= 15 is 0 Å². The number of rotatable bonds is 7. The van der Waals surface area contributed by atoms with Crippen molar-refractivity contribution in [2.45, 2.75) is 6.54 Å². The fourth-order valence-corrected chi connectivity index (χ4v) is 1.50. The Balaban J connectivity index is 2.15. The van der Waals surface area contributed by atoms with Crippen molar-refractivity contribution in [2.24, 2.45) is 0 Å². The molecular weight excluding hydrogens is 250 g/mol. The zero-order valence-electron chi connectivity index (χ0n) is 10.9. The first-order chi connectivity index (χ1) is 8.58. The molecule has 0 atom stereocenters. The van der Waals surface area contributed by atoms with E-state index in [0.29, 0.717) is 18.1 Å². The number of halogens is 1. The quantitative estimate of drug-likeness (QED) is 0.729. The van der Waals surface area contributed by atoms with Gasteiger partial charge in [0.2, 0.25) is 5.91 Å². The molecule has 1 rings (SSSR count). The van der Waals surface area contributed by atoms with Crippen LogP contribution in [-0.4, -0.2) is 44.5 Å². The second-order valence-corrected chi connectivity index (χ2v) is 4.82. The normalized spacial score (nSPS) is 10.7. The van der Waals surface area contributed by atoms with Gasteiger partial charge in [-0.3, -0.25) is 4.79 Å². The molecule has 1 aromatic rings. The number of carbonyl (C=O) groups is 1. The third-order valence-electron chi connectivity index (χ3n) is 2.42. The van der Waals surface area contributed by atoms with Gasteiger partial charge in [0.05, 0.1) is 6.54 Å². The molecule has 1 amide bonds. The van der Waals surface area contributed by atoms with Crippen LogP contribution in [0.3, 0.4) is 0 Å². The van der Waals surface area contributed by atoms with Gasteiger partial charge in [-0.05, 0) is 31.8 Å². The molecule has 0 heterocycles. The zero-order chi connectivity index (χ0) is 13.4. The van der Waals surface area contributed by atoms with Crippen molar-refractivity contribution in [1.29, 1.82) is 0 Å². The van der Waals surface area contributed by atoms with Gasteiger partial charge in [-0.2, -0.15) is 0 Å². The van der Waals surface area contributed by atoms with Crippen molar-refractivity contribution >= 4 is 17.5 Å². The maximum atomic E-state index is 11.5. The van der Waals surface area contributed by atoms with Crippen molar-refractivity contribution < 1.29 is 4.79 Å². The van der Waals surface area contributed by atoms with Crippen molar-refractivity contribution in [2.75, 3.05) is 33.7 Å². The highest BCUT2D eigenvalue weighted by molar-refractivity contribution is 6.30. The summed E-state index contributed by atoms with van der Waals surface area (Å²) in [6, 6.07) is 7.45. The summed E-state index contributed by atoms with van der Waals surface area (Å²) in [4.78, 5) is 13.6. The molecule has 5 heteroatoms. The van der Waals surface area contributed by atoms with Gasteiger partial charge in [0.25, 0.3) is 0 Å². The van der Waals surface area contributed by atoms with E-state index in [2.05, 4.69) is 15.5 Å². The molecule has 0 aliphatic heterocycles. The molecule has 4 nitrogen and oxygen atoms in total. The van der Waals surface area contributed by atoms with E-state index in [1.54, 1.807) is 0 Å². The lowest BCUT2D eigenvalue weighted by Crippen LogP contribution is -2.36. The molecule has 0 aliphatic rings. The predicted octanol–water partition coefficient (Wildman–Crippen LogP) is 1.11. The van der Waals surface area contributed by atoms with Crippen molar-refractivity contribution in [1.82, 2.24) is 15.5 Å². The molecule has 0 radical (unpaired) electrons. The fourth-order valence-electron chi connectivity index (χ4n) is 1.37. The molecule has 0 bridgehead atoms. The highest BCUT2D eigenvalue weighted by Gasteiger charge is 2.00. The number of amides is 1. The van der Waals surface area contributed by atoms with Crippen LogP contribution in [0.2, 0.25) is 5.02 Å². The molecule has 0 fully saturated rings. The average Bonchev–Trinajstić information content (AvgIpc) is 2.34. The van der Waals surface area contributed by atoms with Crippen LogP contribution < -0.4 is 10.6 Å². The molecule has 0 unspecified atom stereocenters. The average molecular weight is 270 g/mol. The van der Waals surface area contributed by atoms with Crippen LogP contribution in [0.25, 0.3) is 0 Å². The Labute approximate surface area is 113 Å². The molecule has 1 aromatic carbocycles.